The lowest BCUT2D eigenvalue weighted by Crippen LogP contribution is -2.17. The van der Waals surface area contributed by atoms with Gasteiger partial charge in [0.25, 0.3) is 5.91 Å². The number of hydrogen-bond acceptors (Lipinski definition) is 5. The lowest BCUT2D eigenvalue weighted by Gasteiger charge is -2.09. The Bertz CT molecular complexity index is 1030. The van der Waals surface area contributed by atoms with Crippen LogP contribution in [0.3, 0.4) is 0 Å². The summed E-state index contributed by atoms with van der Waals surface area (Å²) in [7, 11) is 0. The maximum absolute atomic E-state index is 12.4. The normalized spacial score (nSPS) is 11.1. The van der Waals surface area contributed by atoms with Crippen molar-refractivity contribution in [2.24, 2.45) is 5.10 Å². The summed E-state index contributed by atoms with van der Waals surface area (Å²) in [5.41, 5.74) is 5.84. The number of nitrogens with zero attached hydrogens (tertiary/aromatic N) is 2. The van der Waals surface area contributed by atoms with E-state index in [1.165, 1.54) is 12.8 Å². The zero-order chi connectivity index (χ0) is 22.1. The number of benzene rings is 2. The summed E-state index contributed by atoms with van der Waals surface area (Å²) in [6.07, 6.45) is 6.20. The second-order valence-electron chi connectivity index (χ2n) is 7.12. The molecule has 0 fully saturated rings. The van der Waals surface area contributed by atoms with Gasteiger partial charge >= 0.3 is 0 Å². The summed E-state index contributed by atoms with van der Waals surface area (Å²) < 4.78 is 6.83. The monoisotopic (exact) mass is 499 g/mol. The van der Waals surface area contributed by atoms with E-state index in [0.29, 0.717) is 12.2 Å². The Morgan fingerprint density at radius 3 is 2.71 bits per heavy atom. The number of nitrogens with one attached hydrogen (secondary N) is 1. The fourth-order valence-electron chi connectivity index (χ4n) is 2.98. The molecule has 0 unspecified atom stereocenters. The molecule has 31 heavy (non-hydrogen) atoms. The van der Waals surface area contributed by atoms with Crippen molar-refractivity contribution >= 4 is 39.4 Å². The second-order valence-corrected chi connectivity index (χ2v) is 9.10. The van der Waals surface area contributed by atoms with Crippen LogP contribution in [-0.4, -0.2) is 23.7 Å². The van der Waals surface area contributed by atoms with Gasteiger partial charge < -0.3 is 4.74 Å². The maximum atomic E-state index is 12.4. The van der Waals surface area contributed by atoms with Gasteiger partial charge in [-0.05, 0) is 43.7 Å². The number of carbonyl (C=O) groups is 1. The molecule has 3 aromatic rings. The molecule has 1 aromatic heterocycles. The SMILES string of the molecule is CCCCCCOc1ccc(Br)cc1/C=N/NC(=O)c1ccc(-c2csc(C)n2)cc1. The minimum absolute atomic E-state index is 0.269. The Balaban J connectivity index is 1.59. The number of aromatic nitrogens is 1. The highest BCUT2D eigenvalue weighted by Gasteiger charge is 2.07. The van der Waals surface area contributed by atoms with Crippen molar-refractivity contribution in [1.82, 2.24) is 10.4 Å². The number of halogens is 1. The van der Waals surface area contributed by atoms with E-state index in [-0.39, 0.29) is 5.91 Å². The van der Waals surface area contributed by atoms with Crippen LogP contribution in [0.4, 0.5) is 0 Å². The Morgan fingerprint density at radius 1 is 1.19 bits per heavy atom. The van der Waals surface area contributed by atoms with E-state index in [2.05, 4.69) is 38.4 Å². The molecule has 0 bridgehead atoms. The molecule has 0 saturated heterocycles. The van der Waals surface area contributed by atoms with E-state index in [1.807, 2.05) is 42.6 Å². The fraction of sp³-hybridized carbons (Fsp3) is 0.292. The molecule has 0 atom stereocenters. The number of amides is 1. The minimum atomic E-state index is -0.269. The van der Waals surface area contributed by atoms with Gasteiger partial charge in [-0.2, -0.15) is 5.10 Å². The molecule has 0 radical (unpaired) electrons. The third-order valence-corrected chi connectivity index (χ3v) is 5.93. The van der Waals surface area contributed by atoms with Crippen LogP contribution in [0.25, 0.3) is 11.3 Å². The van der Waals surface area contributed by atoms with Gasteiger partial charge in [-0.1, -0.05) is 54.2 Å². The number of unbranched alkanes of at least 4 members (excludes halogenated alkanes) is 3. The molecule has 162 valence electrons. The smallest absolute Gasteiger partial charge is 0.271 e. The van der Waals surface area contributed by atoms with E-state index < -0.39 is 0 Å². The predicted octanol–water partition coefficient (Wildman–Crippen LogP) is 6.60. The number of aryl methyl sites for hydroxylation is 1. The van der Waals surface area contributed by atoms with E-state index in [9.17, 15) is 4.79 Å². The molecule has 1 heterocycles. The van der Waals surface area contributed by atoms with Crippen LogP contribution in [-0.2, 0) is 0 Å². The first-order chi connectivity index (χ1) is 15.1. The lowest BCUT2D eigenvalue weighted by atomic mass is 10.1. The van der Waals surface area contributed by atoms with E-state index in [1.54, 1.807) is 29.7 Å². The van der Waals surface area contributed by atoms with Gasteiger partial charge in [0.05, 0.1) is 23.5 Å². The van der Waals surface area contributed by atoms with E-state index >= 15 is 0 Å². The maximum Gasteiger partial charge on any atom is 0.271 e. The topological polar surface area (TPSA) is 63.6 Å². The number of hydrazone groups is 1. The molecule has 2 aromatic carbocycles. The Morgan fingerprint density at radius 2 is 2.00 bits per heavy atom. The summed E-state index contributed by atoms with van der Waals surface area (Å²) in [6, 6.07) is 13.1. The van der Waals surface area contributed by atoms with Gasteiger partial charge in [0, 0.05) is 26.5 Å². The quantitative estimate of drug-likeness (QED) is 0.194. The van der Waals surface area contributed by atoms with Crippen LogP contribution in [0.5, 0.6) is 5.75 Å². The van der Waals surface area contributed by atoms with Crippen LogP contribution in [0.1, 0.15) is 53.5 Å². The molecule has 5 nitrogen and oxygen atoms in total. The van der Waals surface area contributed by atoms with Gasteiger partial charge in [0.2, 0.25) is 0 Å². The van der Waals surface area contributed by atoms with Crippen molar-refractivity contribution in [2.75, 3.05) is 6.61 Å². The van der Waals surface area contributed by atoms with Gasteiger partial charge in [0.1, 0.15) is 5.75 Å². The third kappa shape index (κ3) is 7.01. The standard InChI is InChI=1S/C24H26BrN3O2S/c1-3-4-5-6-13-30-23-12-11-21(25)14-20(23)15-26-28-24(29)19-9-7-18(8-10-19)22-16-31-17(2)27-22/h7-12,14-16H,3-6,13H2,1-2H3,(H,28,29)/b26-15+. The fourth-order valence-corrected chi connectivity index (χ4v) is 3.98. The first-order valence-electron chi connectivity index (χ1n) is 10.3. The second kappa shape index (κ2) is 11.8. The minimum Gasteiger partial charge on any atom is -0.493 e. The van der Waals surface area contributed by atoms with Crippen LogP contribution >= 0.6 is 27.3 Å². The Kier molecular flexibility index (Phi) is 8.79. The average Bonchev–Trinajstić information content (AvgIpc) is 3.21. The van der Waals surface area contributed by atoms with Crippen molar-refractivity contribution in [3.63, 3.8) is 0 Å². The number of thiazole rings is 1. The summed E-state index contributed by atoms with van der Waals surface area (Å²) >= 11 is 5.08. The van der Waals surface area contributed by atoms with Crippen molar-refractivity contribution in [2.45, 2.75) is 39.5 Å². The molecule has 0 aliphatic rings. The van der Waals surface area contributed by atoms with E-state index in [4.69, 9.17) is 4.74 Å². The molecule has 0 aliphatic heterocycles. The Labute approximate surface area is 195 Å². The molecule has 0 spiro atoms. The first-order valence-corrected chi connectivity index (χ1v) is 12.0. The van der Waals surface area contributed by atoms with Gasteiger partial charge in [-0.15, -0.1) is 11.3 Å². The van der Waals surface area contributed by atoms with Crippen LogP contribution in [0.2, 0.25) is 0 Å². The van der Waals surface area contributed by atoms with E-state index in [0.717, 1.165) is 44.9 Å². The highest BCUT2D eigenvalue weighted by atomic mass is 79.9. The predicted molar refractivity (Wildman–Crippen MR) is 131 cm³/mol. The number of hydrogen-bond donors (Lipinski definition) is 1. The first kappa shape index (κ1) is 23.2. The van der Waals surface area contributed by atoms with Crippen LogP contribution in [0.15, 0.2) is 57.4 Å². The largest absolute Gasteiger partial charge is 0.493 e. The van der Waals surface area contributed by atoms with Gasteiger partial charge in [-0.25, -0.2) is 10.4 Å². The van der Waals surface area contributed by atoms with Gasteiger partial charge in [0.15, 0.2) is 0 Å². The molecule has 0 aliphatic carbocycles. The number of rotatable bonds is 10. The van der Waals surface area contributed by atoms with Crippen molar-refractivity contribution in [3.8, 4) is 17.0 Å². The van der Waals surface area contributed by atoms with Crippen LogP contribution in [0, 0.1) is 6.92 Å². The summed E-state index contributed by atoms with van der Waals surface area (Å²) in [5, 5.41) is 7.15. The van der Waals surface area contributed by atoms with Crippen molar-refractivity contribution in [3.05, 3.63) is 68.5 Å². The van der Waals surface area contributed by atoms with Crippen molar-refractivity contribution < 1.29 is 9.53 Å². The molecule has 1 amide bonds. The number of ether oxygens (including phenoxy) is 1. The molecule has 0 saturated carbocycles. The summed E-state index contributed by atoms with van der Waals surface area (Å²) in [6.45, 7) is 4.83. The lowest BCUT2D eigenvalue weighted by molar-refractivity contribution is 0.0955. The highest BCUT2D eigenvalue weighted by Crippen LogP contribution is 2.23. The molecular formula is C24H26BrN3O2S. The Hall–Kier alpha value is -2.51. The molecule has 1 N–H and O–H groups in total. The zero-order valence-corrected chi connectivity index (χ0v) is 20.1. The van der Waals surface area contributed by atoms with Crippen LogP contribution < -0.4 is 10.2 Å². The highest BCUT2D eigenvalue weighted by molar-refractivity contribution is 9.10. The van der Waals surface area contributed by atoms with Crippen molar-refractivity contribution in [1.29, 1.82) is 0 Å². The van der Waals surface area contributed by atoms with Gasteiger partial charge in [-0.3, -0.25) is 4.79 Å². The summed E-state index contributed by atoms with van der Waals surface area (Å²) in [4.78, 5) is 16.9. The molecule has 3 rings (SSSR count). The molecule has 7 heteroatoms. The molecular weight excluding hydrogens is 474 g/mol. The zero-order valence-electron chi connectivity index (χ0n) is 17.7. The average molecular weight is 500 g/mol. The third-order valence-electron chi connectivity index (χ3n) is 4.66. The summed E-state index contributed by atoms with van der Waals surface area (Å²) in [5.74, 6) is 0.481. The number of carbonyl (C=O) groups excluding carboxylic acids is 1.